The number of aliphatic imine (C=N–C) groups is 1. The van der Waals surface area contributed by atoms with Gasteiger partial charge < -0.3 is 15.0 Å². The molecule has 2 aromatic rings. The Morgan fingerprint density at radius 1 is 1.17 bits per heavy atom. The van der Waals surface area contributed by atoms with Gasteiger partial charge in [-0.15, -0.1) is 0 Å². The van der Waals surface area contributed by atoms with Gasteiger partial charge in [0.1, 0.15) is 12.3 Å². The molecule has 2 atom stereocenters. The molecule has 2 aliphatic heterocycles. The summed E-state index contributed by atoms with van der Waals surface area (Å²) in [5.74, 6) is 0.732. The van der Waals surface area contributed by atoms with Gasteiger partial charge >= 0.3 is 0 Å². The van der Waals surface area contributed by atoms with Crippen molar-refractivity contribution in [2.24, 2.45) is 4.99 Å². The highest BCUT2D eigenvalue weighted by atomic mass is 32.2. The predicted octanol–water partition coefficient (Wildman–Crippen LogP) is 2.72. The average molecular weight is 446 g/mol. The zero-order valence-electron chi connectivity index (χ0n) is 16.7. The van der Waals surface area contributed by atoms with Gasteiger partial charge in [0, 0.05) is 16.6 Å². The maximum absolute atomic E-state index is 12.8. The zero-order chi connectivity index (χ0) is 21.3. The minimum absolute atomic E-state index is 0.0677. The number of nitrogens with one attached hydrogen (secondary N) is 1. The van der Waals surface area contributed by atoms with E-state index in [-0.39, 0.29) is 35.2 Å². The van der Waals surface area contributed by atoms with Crippen LogP contribution in [-0.2, 0) is 14.6 Å². The molecule has 1 saturated heterocycles. The van der Waals surface area contributed by atoms with Gasteiger partial charge in [-0.1, -0.05) is 29.5 Å². The Morgan fingerprint density at radius 3 is 2.50 bits per heavy atom. The molecule has 0 saturated carbocycles. The maximum atomic E-state index is 12.8. The number of hydrogen-bond acceptors (Lipinski definition) is 7. The minimum Gasteiger partial charge on any atom is -0.497 e. The van der Waals surface area contributed by atoms with E-state index in [0.717, 1.165) is 16.9 Å². The third kappa shape index (κ3) is 4.62. The fourth-order valence-electron chi connectivity index (χ4n) is 3.48. The van der Waals surface area contributed by atoms with Crippen LogP contribution in [0.15, 0.2) is 53.5 Å². The summed E-state index contributed by atoms with van der Waals surface area (Å²) in [5.41, 5.74) is 2.64. The van der Waals surface area contributed by atoms with Gasteiger partial charge in [-0.2, -0.15) is 0 Å². The molecule has 1 fully saturated rings. The molecular formula is C21H23N3O4S2. The summed E-state index contributed by atoms with van der Waals surface area (Å²) in [5, 5.41) is 3.49. The molecule has 0 bridgehead atoms. The third-order valence-corrected chi connectivity index (χ3v) is 8.30. The Bertz CT molecular complexity index is 1070. The Labute approximate surface area is 180 Å². The Kier molecular flexibility index (Phi) is 5.75. The number of anilines is 2. The standard InChI is InChI=1S/C21H23N3O4S2/c1-14-3-5-15(6-4-14)22-20(25)11-24(16-7-9-17(28-2)10-8-16)21-23-18-12-30(26,27)13-19(18)29-21/h3-10,18-19H,11-13H2,1-2H3,(H,22,25)/t18-,19-/m1/s1. The van der Waals surface area contributed by atoms with E-state index >= 15 is 0 Å². The number of ether oxygens (including phenoxy) is 1. The van der Waals surface area contributed by atoms with Crippen molar-refractivity contribution in [2.45, 2.75) is 18.2 Å². The first kappa shape index (κ1) is 20.7. The van der Waals surface area contributed by atoms with E-state index in [1.54, 1.807) is 7.11 Å². The fourth-order valence-corrected chi connectivity index (χ4v) is 7.26. The summed E-state index contributed by atoms with van der Waals surface area (Å²) in [6.07, 6.45) is 0. The molecule has 4 rings (SSSR count). The summed E-state index contributed by atoms with van der Waals surface area (Å²) in [4.78, 5) is 19.3. The Hall–Kier alpha value is -2.52. The number of aryl methyl sites for hydroxylation is 1. The number of benzene rings is 2. The molecule has 0 unspecified atom stereocenters. The van der Waals surface area contributed by atoms with Crippen LogP contribution < -0.4 is 15.0 Å². The Balaban J connectivity index is 1.56. The summed E-state index contributed by atoms with van der Waals surface area (Å²) >= 11 is 1.43. The van der Waals surface area contributed by atoms with Crippen molar-refractivity contribution in [2.75, 3.05) is 35.4 Å². The van der Waals surface area contributed by atoms with Crippen LogP contribution in [0, 0.1) is 6.92 Å². The average Bonchev–Trinajstić information content (AvgIpc) is 3.21. The number of amidine groups is 1. The molecule has 2 aliphatic rings. The molecule has 2 aromatic carbocycles. The van der Waals surface area contributed by atoms with Crippen LogP contribution in [0.3, 0.4) is 0 Å². The molecule has 0 aromatic heterocycles. The van der Waals surface area contributed by atoms with E-state index in [0.29, 0.717) is 10.9 Å². The zero-order valence-corrected chi connectivity index (χ0v) is 18.4. The van der Waals surface area contributed by atoms with E-state index in [4.69, 9.17) is 4.74 Å². The number of carbonyl (C=O) groups excluding carboxylic acids is 1. The molecular weight excluding hydrogens is 422 g/mol. The highest BCUT2D eigenvalue weighted by Crippen LogP contribution is 2.37. The van der Waals surface area contributed by atoms with Crippen LogP contribution in [0.5, 0.6) is 5.75 Å². The van der Waals surface area contributed by atoms with Crippen LogP contribution in [0.25, 0.3) is 0 Å². The van der Waals surface area contributed by atoms with Gasteiger partial charge in [-0.05, 0) is 43.3 Å². The highest BCUT2D eigenvalue weighted by Gasteiger charge is 2.44. The summed E-state index contributed by atoms with van der Waals surface area (Å²) < 4.78 is 29.0. The summed E-state index contributed by atoms with van der Waals surface area (Å²) in [7, 11) is -1.44. The first-order valence-electron chi connectivity index (χ1n) is 9.56. The molecule has 30 heavy (non-hydrogen) atoms. The lowest BCUT2D eigenvalue weighted by Crippen LogP contribution is -2.36. The van der Waals surface area contributed by atoms with Crippen LogP contribution in [-0.4, -0.2) is 55.9 Å². The highest BCUT2D eigenvalue weighted by molar-refractivity contribution is 8.15. The van der Waals surface area contributed by atoms with Gasteiger partial charge in [0.05, 0.1) is 24.7 Å². The van der Waals surface area contributed by atoms with Crippen molar-refractivity contribution in [3.63, 3.8) is 0 Å². The SMILES string of the molecule is COc1ccc(N(CC(=O)Nc2ccc(C)cc2)C2=N[C@@H]3CS(=O)(=O)C[C@H]3S2)cc1. The van der Waals surface area contributed by atoms with E-state index in [1.165, 1.54) is 11.8 Å². The molecule has 7 nitrogen and oxygen atoms in total. The van der Waals surface area contributed by atoms with Crippen molar-refractivity contribution >= 4 is 44.0 Å². The first-order chi connectivity index (χ1) is 14.3. The van der Waals surface area contributed by atoms with Crippen LogP contribution in [0.4, 0.5) is 11.4 Å². The fraction of sp³-hybridized carbons (Fsp3) is 0.333. The second-order valence-electron chi connectivity index (χ2n) is 7.41. The lowest BCUT2D eigenvalue weighted by Gasteiger charge is -2.24. The molecule has 2 heterocycles. The number of thioether (sulfide) groups is 1. The third-order valence-electron chi connectivity index (χ3n) is 5.06. The van der Waals surface area contributed by atoms with Crippen LogP contribution in [0.2, 0.25) is 0 Å². The largest absolute Gasteiger partial charge is 0.497 e. The molecule has 0 spiro atoms. The van der Waals surface area contributed by atoms with Gasteiger partial charge in [-0.25, -0.2) is 8.42 Å². The predicted molar refractivity (Wildman–Crippen MR) is 121 cm³/mol. The molecule has 1 N–H and O–H groups in total. The van der Waals surface area contributed by atoms with E-state index in [9.17, 15) is 13.2 Å². The second kappa shape index (κ2) is 8.31. The van der Waals surface area contributed by atoms with Crippen molar-refractivity contribution in [1.82, 2.24) is 0 Å². The number of fused-ring (bicyclic) bond motifs is 1. The van der Waals surface area contributed by atoms with Crippen LogP contribution in [0.1, 0.15) is 5.56 Å². The monoisotopic (exact) mass is 445 g/mol. The second-order valence-corrected chi connectivity index (χ2v) is 10.8. The molecule has 9 heteroatoms. The number of rotatable bonds is 5. The lowest BCUT2D eigenvalue weighted by atomic mass is 10.2. The molecule has 1 amide bonds. The quantitative estimate of drug-likeness (QED) is 0.761. The summed E-state index contributed by atoms with van der Waals surface area (Å²) in [6.45, 7) is 2.06. The van der Waals surface area contributed by atoms with Gasteiger partial charge in [0.25, 0.3) is 0 Å². The van der Waals surface area contributed by atoms with Crippen LogP contribution >= 0.6 is 11.8 Å². The Morgan fingerprint density at radius 2 is 1.87 bits per heavy atom. The number of amides is 1. The van der Waals surface area contributed by atoms with Crippen molar-refractivity contribution in [3.8, 4) is 5.75 Å². The molecule has 0 radical (unpaired) electrons. The topological polar surface area (TPSA) is 88.1 Å². The number of nitrogens with zero attached hydrogens (tertiary/aromatic N) is 2. The maximum Gasteiger partial charge on any atom is 0.244 e. The molecule has 0 aliphatic carbocycles. The van der Waals surface area contributed by atoms with E-state index in [1.807, 2.05) is 60.4 Å². The lowest BCUT2D eigenvalue weighted by molar-refractivity contribution is -0.114. The normalized spacial score (nSPS) is 21.6. The summed E-state index contributed by atoms with van der Waals surface area (Å²) in [6, 6.07) is 14.7. The smallest absolute Gasteiger partial charge is 0.244 e. The van der Waals surface area contributed by atoms with Gasteiger partial charge in [-0.3, -0.25) is 9.79 Å². The van der Waals surface area contributed by atoms with Gasteiger partial charge in [0.15, 0.2) is 15.0 Å². The van der Waals surface area contributed by atoms with E-state index < -0.39 is 9.84 Å². The van der Waals surface area contributed by atoms with Crippen molar-refractivity contribution in [3.05, 3.63) is 54.1 Å². The molecule has 158 valence electrons. The van der Waals surface area contributed by atoms with Crippen molar-refractivity contribution < 1.29 is 17.9 Å². The van der Waals surface area contributed by atoms with Crippen molar-refractivity contribution in [1.29, 1.82) is 0 Å². The number of hydrogen-bond donors (Lipinski definition) is 1. The number of sulfone groups is 1. The minimum atomic E-state index is -3.04. The van der Waals surface area contributed by atoms with Gasteiger partial charge in [0.2, 0.25) is 5.91 Å². The van der Waals surface area contributed by atoms with E-state index in [2.05, 4.69) is 10.3 Å². The number of carbonyl (C=O) groups is 1. The first-order valence-corrected chi connectivity index (χ1v) is 12.3. The number of methoxy groups -OCH3 is 1.